The lowest BCUT2D eigenvalue weighted by Gasteiger charge is -2.05. The van der Waals surface area contributed by atoms with E-state index in [4.69, 9.17) is 0 Å². The minimum atomic E-state index is -0.157. The van der Waals surface area contributed by atoms with Crippen molar-refractivity contribution in [1.29, 1.82) is 0 Å². The van der Waals surface area contributed by atoms with Gasteiger partial charge in [-0.15, -0.1) is 0 Å². The van der Waals surface area contributed by atoms with Crippen LogP contribution in [0.3, 0.4) is 0 Å². The normalized spacial score (nSPS) is 10.0. The van der Waals surface area contributed by atoms with Crippen molar-refractivity contribution in [2.75, 3.05) is 5.32 Å². The zero-order chi connectivity index (χ0) is 12.3. The molecule has 0 spiro atoms. The van der Waals surface area contributed by atoms with Gasteiger partial charge in [-0.1, -0.05) is 39.7 Å². The van der Waals surface area contributed by atoms with Gasteiger partial charge in [0, 0.05) is 15.7 Å². The van der Waals surface area contributed by atoms with Gasteiger partial charge < -0.3 is 5.32 Å². The number of aryl methyl sites for hydroxylation is 1. The Morgan fingerprint density at radius 3 is 2.59 bits per heavy atom. The van der Waals surface area contributed by atoms with Gasteiger partial charge in [0.15, 0.2) is 0 Å². The lowest BCUT2D eigenvalue weighted by atomic mass is 10.2. The van der Waals surface area contributed by atoms with Crippen LogP contribution >= 0.6 is 15.9 Å². The topological polar surface area (TPSA) is 29.1 Å². The lowest BCUT2D eigenvalue weighted by molar-refractivity contribution is 0.102. The third kappa shape index (κ3) is 3.17. The lowest BCUT2D eigenvalue weighted by Crippen LogP contribution is -2.11. The number of amides is 1. The fourth-order valence-corrected chi connectivity index (χ4v) is 1.77. The van der Waals surface area contributed by atoms with Gasteiger partial charge in [-0.3, -0.25) is 4.79 Å². The summed E-state index contributed by atoms with van der Waals surface area (Å²) >= 11 is 3.33. The van der Waals surface area contributed by atoms with E-state index < -0.39 is 0 Å². The van der Waals surface area contributed by atoms with E-state index >= 15 is 0 Å². The summed E-state index contributed by atoms with van der Waals surface area (Å²) in [5.41, 5.74) is 2.46. The Bertz CT molecular complexity index is 534. The number of carbonyl (C=O) groups excluding carboxylic acids is 1. The van der Waals surface area contributed by atoms with E-state index in [1.165, 1.54) is 0 Å². The highest BCUT2D eigenvalue weighted by atomic mass is 79.9. The van der Waals surface area contributed by atoms with Crippen molar-refractivity contribution in [3.8, 4) is 0 Å². The molecule has 2 nitrogen and oxygen atoms in total. The van der Waals surface area contributed by atoms with Gasteiger partial charge in [0.2, 0.25) is 0 Å². The number of hydrogen-bond donors (Lipinski definition) is 1. The molecule has 2 aromatic carbocycles. The highest BCUT2D eigenvalue weighted by Crippen LogP contribution is 2.14. The fourth-order valence-electron chi connectivity index (χ4n) is 1.41. The summed E-state index contributed by atoms with van der Waals surface area (Å²) in [6.45, 7) is 2.01. The number of hydrogen-bond acceptors (Lipinski definition) is 1. The van der Waals surface area contributed by atoms with Crippen LogP contribution in [-0.4, -0.2) is 5.91 Å². The maximum atomic E-state index is 11.9. The molecule has 0 heterocycles. The minimum absolute atomic E-state index is 0.157. The van der Waals surface area contributed by atoms with Gasteiger partial charge in [0.1, 0.15) is 0 Å². The summed E-state index contributed by atoms with van der Waals surface area (Å²) in [5.74, 6) is -0.157. The minimum Gasteiger partial charge on any atom is -0.322 e. The van der Waals surface area contributed by atoms with Crippen molar-refractivity contribution < 1.29 is 4.79 Å². The van der Waals surface area contributed by atoms with Crippen molar-refractivity contribution in [2.45, 2.75) is 6.92 Å². The van der Waals surface area contributed by atoms with Crippen LogP contribution in [-0.2, 0) is 0 Å². The Morgan fingerprint density at radius 2 is 1.94 bits per heavy atom. The van der Waals surface area contributed by atoms with E-state index in [0.717, 1.165) is 15.7 Å². The summed E-state index contributed by atoms with van der Waals surface area (Å²) < 4.78 is 0.866. The van der Waals surface area contributed by atoms with Gasteiger partial charge in [-0.2, -0.15) is 0 Å². The Morgan fingerprint density at radius 1 is 1.24 bits per heavy atom. The molecule has 0 bridgehead atoms. The summed E-state index contributed by atoms with van der Waals surface area (Å²) in [7, 11) is 0. The molecule has 0 aliphatic rings. The molecule has 3 heteroatoms. The second-order valence-electron chi connectivity index (χ2n) is 3.74. The molecule has 1 radical (unpaired) electrons. The molecular weight excluding hydrogens is 278 g/mol. The summed E-state index contributed by atoms with van der Waals surface area (Å²) in [6, 6.07) is 15.9. The summed E-state index contributed by atoms with van der Waals surface area (Å²) in [6.07, 6.45) is 0. The van der Waals surface area contributed by atoms with Crippen molar-refractivity contribution >= 4 is 27.5 Å². The Labute approximate surface area is 109 Å². The largest absolute Gasteiger partial charge is 0.322 e. The Balaban J connectivity index is 2.14. The molecule has 0 saturated heterocycles. The third-order valence-electron chi connectivity index (χ3n) is 2.32. The number of halogens is 1. The fraction of sp³-hybridized carbons (Fsp3) is 0.0714. The van der Waals surface area contributed by atoms with Crippen LogP contribution in [0.1, 0.15) is 15.9 Å². The first-order valence-electron chi connectivity index (χ1n) is 5.20. The van der Waals surface area contributed by atoms with E-state index in [0.29, 0.717) is 5.56 Å². The number of anilines is 1. The molecule has 17 heavy (non-hydrogen) atoms. The predicted molar refractivity (Wildman–Crippen MR) is 72.1 cm³/mol. The molecule has 1 amide bonds. The second-order valence-corrected chi connectivity index (χ2v) is 4.66. The van der Waals surface area contributed by atoms with Crippen LogP contribution in [0, 0.1) is 13.0 Å². The number of rotatable bonds is 2. The van der Waals surface area contributed by atoms with Crippen molar-refractivity contribution in [2.24, 2.45) is 0 Å². The molecule has 0 saturated carbocycles. The SMILES string of the molecule is Cc1ccc(NC(=O)c2[c]ccc(Br)c2)cc1. The molecule has 1 N–H and O–H groups in total. The molecule has 0 aliphatic carbocycles. The maximum absolute atomic E-state index is 11.9. The second kappa shape index (κ2) is 5.15. The monoisotopic (exact) mass is 288 g/mol. The standard InChI is InChI=1S/C14H11BrNO/c1-10-5-7-13(8-6-10)16-14(17)11-3-2-4-12(15)9-11/h2,4-9H,1H3,(H,16,17). The molecule has 0 aliphatic heterocycles. The van der Waals surface area contributed by atoms with Gasteiger partial charge >= 0.3 is 0 Å². The quantitative estimate of drug-likeness (QED) is 0.895. The van der Waals surface area contributed by atoms with Crippen LogP contribution in [0.4, 0.5) is 5.69 Å². The van der Waals surface area contributed by atoms with E-state index in [1.54, 1.807) is 12.1 Å². The summed E-state index contributed by atoms with van der Waals surface area (Å²) in [5, 5.41) is 2.82. The zero-order valence-electron chi connectivity index (χ0n) is 9.33. The van der Waals surface area contributed by atoms with Gasteiger partial charge in [-0.05, 0) is 37.3 Å². The molecule has 0 atom stereocenters. The Hall–Kier alpha value is -1.61. The number of carbonyl (C=O) groups is 1. The summed E-state index contributed by atoms with van der Waals surface area (Å²) in [4.78, 5) is 11.9. The van der Waals surface area contributed by atoms with Crippen molar-refractivity contribution in [1.82, 2.24) is 0 Å². The average Bonchev–Trinajstić information content (AvgIpc) is 2.32. The van der Waals surface area contributed by atoms with Gasteiger partial charge in [-0.25, -0.2) is 0 Å². The molecule has 2 rings (SSSR count). The first-order valence-corrected chi connectivity index (χ1v) is 6.00. The zero-order valence-corrected chi connectivity index (χ0v) is 10.9. The van der Waals surface area contributed by atoms with Crippen LogP contribution in [0.25, 0.3) is 0 Å². The van der Waals surface area contributed by atoms with E-state index in [-0.39, 0.29) is 5.91 Å². The van der Waals surface area contributed by atoms with Crippen LogP contribution in [0.15, 0.2) is 46.9 Å². The maximum Gasteiger partial charge on any atom is 0.256 e. The van der Waals surface area contributed by atoms with Crippen molar-refractivity contribution in [3.63, 3.8) is 0 Å². The first kappa shape index (κ1) is 11.9. The van der Waals surface area contributed by atoms with E-state index in [9.17, 15) is 4.79 Å². The number of nitrogens with one attached hydrogen (secondary N) is 1. The highest BCUT2D eigenvalue weighted by molar-refractivity contribution is 9.10. The predicted octanol–water partition coefficient (Wildman–Crippen LogP) is 3.81. The highest BCUT2D eigenvalue weighted by Gasteiger charge is 2.06. The molecule has 0 aromatic heterocycles. The van der Waals surface area contributed by atoms with Crippen LogP contribution < -0.4 is 5.32 Å². The Kier molecular flexibility index (Phi) is 3.59. The van der Waals surface area contributed by atoms with Gasteiger partial charge in [0.25, 0.3) is 5.91 Å². The molecule has 0 unspecified atom stereocenters. The van der Waals surface area contributed by atoms with E-state index in [2.05, 4.69) is 27.3 Å². The van der Waals surface area contributed by atoms with Crippen molar-refractivity contribution in [3.05, 3.63) is 64.1 Å². The smallest absolute Gasteiger partial charge is 0.256 e. The molecule has 85 valence electrons. The van der Waals surface area contributed by atoms with Crippen LogP contribution in [0.2, 0.25) is 0 Å². The molecule has 2 aromatic rings. The first-order chi connectivity index (χ1) is 8.15. The van der Waals surface area contributed by atoms with Crippen LogP contribution in [0.5, 0.6) is 0 Å². The average molecular weight is 289 g/mol. The van der Waals surface area contributed by atoms with E-state index in [1.807, 2.05) is 37.3 Å². The molecule has 0 fully saturated rings. The third-order valence-corrected chi connectivity index (χ3v) is 2.81. The number of benzene rings is 2. The van der Waals surface area contributed by atoms with Gasteiger partial charge in [0.05, 0.1) is 0 Å². The molecular formula is C14H11BrNO.